The fraction of sp³-hybridized carbons (Fsp3) is 0.581. The van der Waals surface area contributed by atoms with E-state index in [0.717, 1.165) is 5.57 Å². The Bertz CT molecular complexity index is 1530. The van der Waals surface area contributed by atoms with E-state index in [2.05, 4.69) is 6.58 Å². The topological polar surface area (TPSA) is 153 Å². The smallest absolute Gasteiger partial charge is 0.339 e. The molecule has 1 aliphatic carbocycles. The molecule has 0 N–H and O–H groups in total. The van der Waals surface area contributed by atoms with Gasteiger partial charge in [-0.05, 0) is 49.5 Å². The summed E-state index contributed by atoms with van der Waals surface area (Å²) in [7, 11) is 2.93. The molecular weight excluding hydrogens is 644 g/mol. The van der Waals surface area contributed by atoms with Crippen molar-refractivity contribution in [1.82, 2.24) is 4.90 Å². The number of nitro benzene ring substituents is 1. The summed E-state index contributed by atoms with van der Waals surface area (Å²) >= 11 is 8.61. The lowest BCUT2D eigenvalue weighted by molar-refractivity contribution is -0.387. The number of rotatable bonds is 11. The molecule has 1 amide bonds. The summed E-state index contributed by atoms with van der Waals surface area (Å²) in [6.45, 7) is 8.14. The van der Waals surface area contributed by atoms with Crippen molar-refractivity contribution in [3.05, 3.63) is 57.7 Å². The van der Waals surface area contributed by atoms with Crippen molar-refractivity contribution in [3.8, 4) is 0 Å². The van der Waals surface area contributed by atoms with Crippen molar-refractivity contribution in [2.45, 2.75) is 85.0 Å². The van der Waals surface area contributed by atoms with Crippen LogP contribution in [0.3, 0.4) is 0 Å². The van der Waals surface area contributed by atoms with Gasteiger partial charge in [-0.3, -0.25) is 19.7 Å². The van der Waals surface area contributed by atoms with Crippen molar-refractivity contribution in [2.24, 2.45) is 0 Å². The average Bonchev–Trinajstić information content (AvgIpc) is 3.65. The zero-order chi connectivity index (χ0) is 33.2. The van der Waals surface area contributed by atoms with Crippen LogP contribution in [-0.2, 0) is 42.8 Å². The SMILES string of the molecule is C=C1[C@]2(C(OC)OC)O[C@@H](C3=C2CC[C@](OC(=O)[C@@H]2O[C@H]4CN(CC)C(=O)[C@@H]2O4)(C(C)=O)C3)[C@]1(Cl)CSc1ccccc1[N+](=O)[O-]. The summed E-state index contributed by atoms with van der Waals surface area (Å²) in [6.07, 6.45) is -4.70. The van der Waals surface area contributed by atoms with E-state index < -0.39 is 63.6 Å². The number of carbonyl (C=O) groups is 3. The van der Waals surface area contributed by atoms with E-state index in [0.29, 0.717) is 22.6 Å². The number of esters is 1. The number of likely N-dealkylation sites (N-methyl/N-ethyl adjacent to an activating group) is 1. The van der Waals surface area contributed by atoms with Crippen molar-refractivity contribution >= 4 is 46.7 Å². The molecule has 46 heavy (non-hydrogen) atoms. The Morgan fingerprint density at radius 3 is 2.63 bits per heavy atom. The minimum Gasteiger partial charge on any atom is -0.449 e. The number of fused-ring (bicyclic) bond motifs is 6. The molecule has 4 aliphatic heterocycles. The highest BCUT2D eigenvalue weighted by Gasteiger charge is 2.71. The quantitative estimate of drug-likeness (QED) is 0.0642. The monoisotopic (exact) mass is 678 g/mol. The number of ether oxygens (including phenoxy) is 6. The minimum absolute atomic E-state index is 0.0371. The van der Waals surface area contributed by atoms with Crippen molar-refractivity contribution in [1.29, 1.82) is 0 Å². The second-order valence-electron chi connectivity index (χ2n) is 12.0. The number of nitrogens with zero attached hydrogens (tertiary/aromatic N) is 2. The maximum absolute atomic E-state index is 13.6. The summed E-state index contributed by atoms with van der Waals surface area (Å²) in [5.74, 6) is -1.51. The van der Waals surface area contributed by atoms with Crippen LogP contribution >= 0.6 is 23.4 Å². The number of nitro groups is 1. The standard InChI is InChI=1S/C31H35ClN2O11S/c1-6-33-14-22-42-23(26(33)36)24(43-22)27(37)45-29(17(3)35)12-11-19-18(13-29)25-30(32,16(2)31(19,44-25)28(40-4)41-5)15-46-21-10-8-7-9-20(21)34(38)39/h7-10,22-25,28H,2,6,11-15H2,1,3-5H3/t22-,23+,24+,25-,29+,30-,31-/m0/s1. The molecule has 7 atom stereocenters. The molecule has 0 saturated carbocycles. The Morgan fingerprint density at radius 2 is 1.98 bits per heavy atom. The Balaban J connectivity index is 1.32. The number of thioether (sulfide) groups is 1. The molecule has 0 aromatic heterocycles. The minimum atomic E-state index is -1.60. The second kappa shape index (κ2) is 12.0. The molecule has 15 heteroatoms. The van der Waals surface area contributed by atoms with Crippen molar-refractivity contribution in [3.63, 3.8) is 0 Å². The van der Waals surface area contributed by atoms with E-state index >= 15 is 0 Å². The van der Waals surface area contributed by atoms with E-state index in [-0.39, 0.29) is 43.2 Å². The number of hydrogen-bond donors (Lipinski definition) is 0. The van der Waals surface area contributed by atoms with E-state index in [4.69, 9.17) is 40.0 Å². The Hall–Kier alpha value is -2.85. The number of para-hydroxylation sites is 1. The zero-order valence-corrected chi connectivity index (χ0v) is 27.4. The number of halogens is 1. The number of ketones is 1. The number of amides is 1. The fourth-order valence-corrected chi connectivity index (χ4v) is 8.96. The average molecular weight is 679 g/mol. The van der Waals surface area contributed by atoms with Gasteiger partial charge in [0, 0.05) is 39.0 Å². The molecule has 0 spiro atoms. The van der Waals surface area contributed by atoms with Gasteiger partial charge in [0.1, 0.15) is 11.0 Å². The number of benzene rings is 1. The van der Waals surface area contributed by atoms with Gasteiger partial charge < -0.3 is 33.3 Å². The van der Waals surface area contributed by atoms with Crippen LogP contribution in [0.4, 0.5) is 5.69 Å². The maximum atomic E-state index is 13.6. The van der Waals surface area contributed by atoms with Crippen molar-refractivity contribution < 1.29 is 47.7 Å². The van der Waals surface area contributed by atoms with Gasteiger partial charge in [-0.25, -0.2) is 4.79 Å². The first-order valence-electron chi connectivity index (χ1n) is 14.9. The first-order valence-corrected chi connectivity index (χ1v) is 16.3. The number of hydrogen-bond acceptors (Lipinski definition) is 12. The largest absolute Gasteiger partial charge is 0.449 e. The van der Waals surface area contributed by atoms with Crippen LogP contribution < -0.4 is 0 Å². The molecule has 1 aromatic rings. The zero-order valence-electron chi connectivity index (χ0n) is 25.8. The lowest BCUT2D eigenvalue weighted by Gasteiger charge is -2.45. The van der Waals surface area contributed by atoms with Crippen LogP contribution in [0.2, 0.25) is 0 Å². The predicted octanol–water partition coefficient (Wildman–Crippen LogP) is 3.31. The lowest BCUT2D eigenvalue weighted by Crippen LogP contribution is -2.55. The molecule has 4 heterocycles. The molecule has 0 radical (unpaired) electrons. The van der Waals surface area contributed by atoms with E-state index in [1.165, 1.54) is 39.0 Å². The highest BCUT2D eigenvalue weighted by molar-refractivity contribution is 7.99. The van der Waals surface area contributed by atoms with Gasteiger partial charge in [0.25, 0.3) is 11.6 Å². The van der Waals surface area contributed by atoms with Crippen LogP contribution in [0.1, 0.15) is 33.1 Å². The summed E-state index contributed by atoms with van der Waals surface area (Å²) < 4.78 is 35.5. The first-order chi connectivity index (χ1) is 21.9. The van der Waals surface area contributed by atoms with Gasteiger partial charge in [-0.1, -0.05) is 18.7 Å². The molecule has 3 fully saturated rings. The molecule has 13 nitrogen and oxygen atoms in total. The Kier molecular flexibility index (Phi) is 8.62. The maximum Gasteiger partial charge on any atom is 0.339 e. The number of alkyl halides is 1. The van der Waals surface area contributed by atoms with Crippen LogP contribution in [0.15, 0.2) is 52.5 Å². The number of Topliss-reactive ketones (excluding diaryl/α,β-unsaturated/α-hetero) is 1. The summed E-state index contributed by atoms with van der Waals surface area (Å²) in [5.41, 5.74) is -1.07. The van der Waals surface area contributed by atoms with Crippen LogP contribution in [0, 0.1) is 10.1 Å². The summed E-state index contributed by atoms with van der Waals surface area (Å²) in [5, 5.41) is 11.7. The number of methoxy groups -OCH3 is 2. The van der Waals surface area contributed by atoms with Gasteiger partial charge in [0.15, 0.2) is 41.8 Å². The van der Waals surface area contributed by atoms with Gasteiger partial charge in [-0.2, -0.15) is 0 Å². The molecule has 4 bridgehead atoms. The third kappa shape index (κ3) is 4.83. The summed E-state index contributed by atoms with van der Waals surface area (Å²) in [6, 6.07) is 6.35. The number of morpholine rings is 1. The van der Waals surface area contributed by atoms with Gasteiger partial charge in [0.2, 0.25) is 0 Å². The molecule has 248 valence electrons. The fourth-order valence-electron chi connectivity index (χ4n) is 7.33. The van der Waals surface area contributed by atoms with Crippen LogP contribution in [-0.4, -0.2) is 108 Å². The number of carbonyl (C=O) groups excluding carboxylic acids is 3. The molecule has 6 rings (SSSR count). The molecular formula is C31H35ClN2O11S. The van der Waals surface area contributed by atoms with Gasteiger partial charge in [0.05, 0.1) is 16.4 Å². The normalized spacial score (nSPS) is 34.8. The first kappa shape index (κ1) is 33.1. The van der Waals surface area contributed by atoms with Crippen molar-refractivity contribution in [2.75, 3.05) is 33.1 Å². The molecule has 0 unspecified atom stereocenters. The highest BCUT2D eigenvalue weighted by Crippen LogP contribution is 2.65. The molecule has 3 saturated heterocycles. The van der Waals surface area contributed by atoms with E-state index in [1.54, 1.807) is 23.1 Å². The van der Waals surface area contributed by atoms with Crippen LogP contribution in [0.5, 0.6) is 0 Å². The third-order valence-electron chi connectivity index (χ3n) is 9.68. The predicted molar refractivity (Wildman–Crippen MR) is 163 cm³/mol. The molecule has 1 aromatic carbocycles. The van der Waals surface area contributed by atoms with Gasteiger partial charge >= 0.3 is 5.97 Å². The molecule has 5 aliphatic rings. The van der Waals surface area contributed by atoms with Gasteiger partial charge in [-0.15, -0.1) is 23.4 Å². The Morgan fingerprint density at radius 1 is 1.26 bits per heavy atom. The summed E-state index contributed by atoms with van der Waals surface area (Å²) in [4.78, 5) is 51.8. The lowest BCUT2D eigenvalue weighted by atomic mass is 9.65. The second-order valence-corrected chi connectivity index (χ2v) is 13.7. The third-order valence-corrected chi connectivity index (χ3v) is 11.7. The highest BCUT2D eigenvalue weighted by atomic mass is 35.5. The van der Waals surface area contributed by atoms with E-state index in [1.807, 2.05) is 6.92 Å². The Labute approximate surface area is 274 Å². The van der Waals surface area contributed by atoms with E-state index in [9.17, 15) is 24.5 Å². The van der Waals surface area contributed by atoms with Crippen LogP contribution in [0.25, 0.3) is 0 Å².